The van der Waals surface area contributed by atoms with E-state index in [-0.39, 0.29) is 0 Å². The first kappa shape index (κ1) is 14.0. The van der Waals surface area contributed by atoms with E-state index in [4.69, 9.17) is 15.2 Å². The highest BCUT2D eigenvalue weighted by molar-refractivity contribution is 5.38. The van der Waals surface area contributed by atoms with Crippen LogP contribution in [0.3, 0.4) is 0 Å². The van der Waals surface area contributed by atoms with E-state index in [1.165, 1.54) is 30.4 Å². The van der Waals surface area contributed by atoms with Crippen LogP contribution < -0.4 is 15.2 Å². The Balaban J connectivity index is 1.47. The molecule has 3 rings (SSSR count). The van der Waals surface area contributed by atoms with Crippen molar-refractivity contribution in [1.29, 1.82) is 0 Å². The Hall–Kier alpha value is -2.00. The Morgan fingerprint density at radius 1 is 0.857 bits per heavy atom. The zero-order valence-electron chi connectivity index (χ0n) is 12.2. The van der Waals surface area contributed by atoms with Crippen LogP contribution in [0.2, 0.25) is 0 Å². The number of hydrogen-bond acceptors (Lipinski definition) is 3. The molecule has 0 aliphatic heterocycles. The SMILES string of the molecule is NCc1cccc(OCCOc2ccc3c(c2)CCC3)c1. The van der Waals surface area contributed by atoms with Crippen molar-refractivity contribution in [2.45, 2.75) is 25.8 Å². The Bertz CT molecular complexity index is 610. The lowest BCUT2D eigenvalue weighted by atomic mass is 10.1. The van der Waals surface area contributed by atoms with Crippen molar-refractivity contribution in [2.24, 2.45) is 5.73 Å². The summed E-state index contributed by atoms with van der Waals surface area (Å²) >= 11 is 0. The zero-order valence-corrected chi connectivity index (χ0v) is 12.2. The fraction of sp³-hybridized carbons (Fsp3) is 0.333. The lowest BCUT2D eigenvalue weighted by Crippen LogP contribution is -2.09. The summed E-state index contributed by atoms with van der Waals surface area (Å²) in [6.07, 6.45) is 3.64. The molecule has 0 aromatic heterocycles. The van der Waals surface area contributed by atoms with Gasteiger partial charge in [0.1, 0.15) is 24.7 Å². The molecule has 1 aliphatic carbocycles. The van der Waals surface area contributed by atoms with E-state index in [0.29, 0.717) is 19.8 Å². The molecule has 1 aliphatic rings. The molecule has 3 nitrogen and oxygen atoms in total. The first-order valence-electron chi connectivity index (χ1n) is 7.51. The van der Waals surface area contributed by atoms with E-state index >= 15 is 0 Å². The minimum absolute atomic E-state index is 0.531. The van der Waals surface area contributed by atoms with Crippen LogP contribution in [0.15, 0.2) is 42.5 Å². The summed E-state index contributed by atoms with van der Waals surface area (Å²) in [6.45, 7) is 1.61. The largest absolute Gasteiger partial charge is 0.490 e. The lowest BCUT2D eigenvalue weighted by Gasteiger charge is -2.10. The van der Waals surface area contributed by atoms with Gasteiger partial charge >= 0.3 is 0 Å². The number of rotatable bonds is 6. The summed E-state index contributed by atoms with van der Waals surface area (Å²) in [4.78, 5) is 0. The first-order chi connectivity index (χ1) is 10.3. The van der Waals surface area contributed by atoms with Crippen molar-refractivity contribution >= 4 is 0 Å². The van der Waals surface area contributed by atoms with E-state index in [0.717, 1.165) is 17.1 Å². The van der Waals surface area contributed by atoms with Gasteiger partial charge in [0, 0.05) is 6.54 Å². The number of fused-ring (bicyclic) bond motifs is 1. The van der Waals surface area contributed by atoms with Crippen LogP contribution in [0.4, 0.5) is 0 Å². The van der Waals surface area contributed by atoms with Gasteiger partial charge < -0.3 is 15.2 Å². The van der Waals surface area contributed by atoms with Gasteiger partial charge in [0.2, 0.25) is 0 Å². The van der Waals surface area contributed by atoms with Crippen molar-refractivity contribution in [2.75, 3.05) is 13.2 Å². The van der Waals surface area contributed by atoms with Crippen molar-refractivity contribution in [3.8, 4) is 11.5 Å². The van der Waals surface area contributed by atoms with Crippen molar-refractivity contribution in [3.63, 3.8) is 0 Å². The first-order valence-corrected chi connectivity index (χ1v) is 7.51. The van der Waals surface area contributed by atoms with Gasteiger partial charge in [0.25, 0.3) is 0 Å². The van der Waals surface area contributed by atoms with Crippen LogP contribution in [0.5, 0.6) is 11.5 Å². The minimum Gasteiger partial charge on any atom is -0.490 e. The highest BCUT2D eigenvalue weighted by Crippen LogP contribution is 2.26. The van der Waals surface area contributed by atoms with Gasteiger partial charge in [-0.25, -0.2) is 0 Å². The fourth-order valence-electron chi connectivity index (χ4n) is 2.72. The van der Waals surface area contributed by atoms with Crippen LogP contribution >= 0.6 is 0 Å². The van der Waals surface area contributed by atoms with Gasteiger partial charge in [0.15, 0.2) is 0 Å². The Morgan fingerprint density at radius 3 is 2.43 bits per heavy atom. The molecule has 0 spiro atoms. The van der Waals surface area contributed by atoms with Gasteiger partial charge in [-0.2, -0.15) is 0 Å². The Morgan fingerprint density at radius 2 is 1.62 bits per heavy atom. The summed E-state index contributed by atoms with van der Waals surface area (Å²) in [6, 6.07) is 14.3. The third-order valence-corrected chi connectivity index (χ3v) is 3.82. The molecule has 110 valence electrons. The van der Waals surface area contributed by atoms with E-state index in [1.807, 2.05) is 24.3 Å². The Labute approximate surface area is 125 Å². The van der Waals surface area contributed by atoms with Gasteiger partial charge in [0.05, 0.1) is 0 Å². The average Bonchev–Trinajstić information content (AvgIpc) is 2.99. The van der Waals surface area contributed by atoms with Crippen LogP contribution in [-0.4, -0.2) is 13.2 Å². The molecule has 2 aromatic carbocycles. The molecule has 0 atom stereocenters. The maximum absolute atomic E-state index is 5.76. The van der Waals surface area contributed by atoms with Crippen LogP contribution in [0, 0.1) is 0 Å². The molecule has 21 heavy (non-hydrogen) atoms. The van der Waals surface area contributed by atoms with Gasteiger partial charge in [-0.3, -0.25) is 0 Å². The normalized spacial score (nSPS) is 13.0. The summed E-state index contributed by atoms with van der Waals surface area (Å²) in [7, 11) is 0. The predicted molar refractivity (Wildman–Crippen MR) is 83.8 cm³/mol. The van der Waals surface area contributed by atoms with Gasteiger partial charge in [-0.05, 0) is 60.2 Å². The molecule has 0 saturated carbocycles. The molecule has 0 saturated heterocycles. The minimum atomic E-state index is 0.531. The highest BCUT2D eigenvalue weighted by Gasteiger charge is 2.10. The fourth-order valence-corrected chi connectivity index (χ4v) is 2.72. The molecule has 2 N–H and O–H groups in total. The molecule has 0 amide bonds. The maximum Gasteiger partial charge on any atom is 0.122 e. The summed E-state index contributed by atoms with van der Waals surface area (Å²) in [5.41, 5.74) is 9.59. The van der Waals surface area contributed by atoms with E-state index in [1.54, 1.807) is 0 Å². The van der Waals surface area contributed by atoms with Crippen LogP contribution in [0.25, 0.3) is 0 Å². The lowest BCUT2D eigenvalue weighted by molar-refractivity contribution is 0.217. The van der Waals surface area contributed by atoms with E-state index < -0.39 is 0 Å². The van der Waals surface area contributed by atoms with E-state index in [2.05, 4.69) is 18.2 Å². The predicted octanol–water partition coefficient (Wildman–Crippen LogP) is 3.09. The molecule has 3 heteroatoms. The van der Waals surface area contributed by atoms with E-state index in [9.17, 15) is 0 Å². The van der Waals surface area contributed by atoms with Crippen LogP contribution in [0.1, 0.15) is 23.1 Å². The van der Waals surface area contributed by atoms with Gasteiger partial charge in [-0.1, -0.05) is 18.2 Å². The molecule has 0 fully saturated rings. The molecule has 0 bridgehead atoms. The number of hydrogen-bond donors (Lipinski definition) is 1. The molecular formula is C18H21NO2. The second kappa shape index (κ2) is 6.64. The summed E-state index contributed by atoms with van der Waals surface area (Å²) in [5, 5.41) is 0. The van der Waals surface area contributed by atoms with Crippen molar-refractivity contribution in [1.82, 2.24) is 0 Å². The molecular weight excluding hydrogens is 262 g/mol. The highest BCUT2D eigenvalue weighted by atomic mass is 16.5. The number of benzene rings is 2. The molecule has 0 radical (unpaired) electrons. The van der Waals surface area contributed by atoms with Gasteiger partial charge in [-0.15, -0.1) is 0 Å². The molecule has 0 unspecified atom stereocenters. The summed E-state index contributed by atoms with van der Waals surface area (Å²) < 4.78 is 11.4. The summed E-state index contributed by atoms with van der Waals surface area (Å²) in [5.74, 6) is 1.78. The zero-order chi connectivity index (χ0) is 14.5. The smallest absolute Gasteiger partial charge is 0.122 e. The second-order valence-electron chi connectivity index (χ2n) is 5.33. The number of aryl methyl sites for hydroxylation is 2. The quantitative estimate of drug-likeness (QED) is 0.829. The second-order valence-corrected chi connectivity index (χ2v) is 5.33. The molecule has 2 aromatic rings. The average molecular weight is 283 g/mol. The van der Waals surface area contributed by atoms with Crippen molar-refractivity contribution < 1.29 is 9.47 Å². The topological polar surface area (TPSA) is 44.5 Å². The molecule has 0 heterocycles. The third-order valence-electron chi connectivity index (χ3n) is 3.82. The Kier molecular flexibility index (Phi) is 4.41. The number of ether oxygens (including phenoxy) is 2. The monoisotopic (exact) mass is 283 g/mol. The standard InChI is InChI=1S/C18H21NO2/c19-13-14-3-1-6-17(11-14)20-9-10-21-18-8-7-15-4-2-5-16(15)12-18/h1,3,6-8,11-12H,2,4-5,9-10,13,19H2. The maximum atomic E-state index is 5.76. The van der Waals surface area contributed by atoms with Crippen molar-refractivity contribution in [3.05, 3.63) is 59.2 Å². The third kappa shape index (κ3) is 3.56. The number of nitrogens with two attached hydrogens (primary N) is 1. The van der Waals surface area contributed by atoms with Crippen LogP contribution in [-0.2, 0) is 19.4 Å².